The SMILES string of the molecule is CSCC(C1CC1)C(N)(C=O)C(=O)O. The summed E-state index contributed by atoms with van der Waals surface area (Å²) in [6, 6.07) is 0. The Morgan fingerprint density at radius 3 is 2.64 bits per heavy atom. The number of aldehydes is 1. The predicted octanol–water partition coefficient (Wildman–Crippen LogP) is 0.357. The Bertz CT molecular complexity index is 242. The third kappa shape index (κ3) is 2.09. The third-order valence-corrected chi connectivity index (χ3v) is 3.41. The molecule has 80 valence electrons. The minimum absolute atomic E-state index is 0.229. The lowest BCUT2D eigenvalue weighted by Gasteiger charge is -2.28. The molecule has 0 saturated heterocycles. The van der Waals surface area contributed by atoms with Gasteiger partial charge >= 0.3 is 5.97 Å². The first kappa shape index (κ1) is 11.5. The van der Waals surface area contributed by atoms with Crippen molar-refractivity contribution in [2.45, 2.75) is 18.4 Å². The van der Waals surface area contributed by atoms with E-state index in [0.717, 1.165) is 12.8 Å². The topological polar surface area (TPSA) is 80.4 Å². The summed E-state index contributed by atoms with van der Waals surface area (Å²) in [5, 5.41) is 8.94. The molecule has 0 aromatic rings. The van der Waals surface area contributed by atoms with Crippen LogP contribution in [0.15, 0.2) is 0 Å². The summed E-state index contributed by atoms with van der Waals surface area (Å²) in [4.78, 5) is 21.7. The van der Waals surface area contributed by atoms with Gasteiger partial charge in [-0.05, 0) is 30.8 Å². The first-order valence-corrected chi connectivity index (χ1v) is 5.93. The lowest BCUT2D eigenvalue weighted by atomic mass is 9.84. The highest BCUT2D eigenvalue weighted by Gasteiger charge is 2.49. The van der Waals surface area contributed by atoms with E-state index in [9.17, 15) is 9.59 Å². The molecule has 0 heterocycles. The Morgan fingerprint density at radius 2 is 2.36 bits per heavy atom. The van der Waals surface area contributed by atoms with Crippen molar-refractivity contribution in [3.05, 3.63) is 0 Å². The van der Waals surface area contributed by atoms with Crippen molar-refractivity contribution in [3.63, 3.8) is 0 Å². The van der Waals surface area contributed by atoms with Gasteiger partial charge in [-0.1, -0.05) is 0 Å². The Hall–Kier alpha value is -0.550. The second kappa shape index (κ2) is 4.31. The maximum Gasteiger partial charge on any atom is 0.331 e. The normalized spacial score (nSPS) is 22.4. The van der Waals surface area contributed by atoms with Gasteiger partial charge in [-0.2, -0.15) is 11.8 Å². The first-order chi connectivity index (χ1) is 6.56. The average molecular weight is 217 g/mol. The number of rotatable bonds is 6. The van der Waals surface area contributed by atoms with Gasteiger partial charge < -0.3 is 15.6 Å². The summed E-state index contributed by atoms with van der Waals surface area (Å²) >= 11 is 1.54. The standard InChI is InChI=1S/C9H15NO3S/c1-14-4-7(6-2-3-6)9(10,5-11)8(12)13/h5-7H,2-4,10H2,1H3,(H,12,13). The molecule has 0 bridgehead atoms. The van der Waals surface area contributed by atoms with Crippen LogP contribution < -0.4 is 5.73 Å². The minimum Gasteiger partial charge on any atom is -0.480 e. The molecule has 0 aromatic carbocycles. The van der Waals surface area contributed by atoms with Gasteiger partial charge in [0.1, 0.15) is 0 Å². The zero-order valence-corrected chi connectivity index (χ0v) is 8.92. The van der Waals surface area contributed by atoms with Crippen LogP contribution in [0.3, 0.4) is 0 Å². The highest BCUT2D eigenvalue weighted by Crippen LogP contribution is 2.42. The van der Waals surface area contributed by atoms with Crippen LogP contribution in [0.1, 0.15) is 12.8 Å². The van der Waals surface area contributed by atoms with E-state index < -0.39 is 11.5 Å². The van der Waals surface area contributed by atoms with Crippen LogP contribution in [0, 0.1) is 11.8 Å². The number of thioether (sulfide) groups is 1. The van der Waals surface area contributed by atoms with Gasteiger partial charge in [0.25, 0.3) is 0 Å². The van der Waals surface area contributed by atoms with Crippen LogP contribution >= 0.6 is 11.8 Å². The summed E-state index contributed by atoms with van der Waals surface area (Å²) in [5.41, 5.74) is 3.94. The molecule has 1 fully saturated rings. The van der Waals surface area contributed by atoms with Crippen LogP contribution in [0.25, 0.3) is 0 Å². The van der Waals surface area contributed by atoms with E-state index >= 15 is 0 Å². The number of carbonyl (C=O) groups is 2. The van der Waals surface area contributed by atoms with E-state index in [2.05, 4.69) is 0 Å². The van der Waals surface area contributed by atoms with Crippen molar-refractivity contribution < 1.29 is 14.7 Å². The van der Waals surface area contributed by atoms with Crippen molar-refractivity contribution in [1.29, 1.82) is 0 Å². The number of hydrogen-bond donors (Lipinski definition) is 2. The first-order valence-electron chi connectivity index (χ1n) is 4.53. The molecule has 5 heteroatoms. The summed E-state index contributed by atoms with van der Waals surface area (Å²) in [5.74, 6) is -0.494. The maximum absolute atomic E-state index is 10.9. The molecule has 0 radical (unpaired) electrons. The Morgan fingerprint density at radius 1 is 1.79 bits per heavy atom. The maximum atomic E-state index is 10.9. The van der Waals surface area contributed by atoms with Crippen LogP contribution in [-0.4, -0.2) is 34.9 Å². The zero-order valence-electron chi connectivity index (χ0n) is 8.10. The van der Waals surface area contributed by atoms with Gasteiger partial charge in [-0.3, -0.25) is 0 Å². The van der Waals surface area contributed by atoms with E-state index in [4.69, 9.17) is 10.8 Å². The van der Waals surface area contributed by atoms with Crippen molar-refractivity contribution in [1.82, 2.24) is 0 Å². The molecule has 1 saturated carbocycles. The Kier molecular flexibility index (Phi) is 3.55. The second-order valence-electron chi connectivity index (χ2n) is 3.76. The Balaban J connectivity index is 2.81. The predicted molar refractivity (Wildman–Crippen MR) is 55.2 cm³/mol. The highest BCUT2D eigenvalue weighted by molar-refractivity contribution is 7.98. The molecule has 3 N–H and O–H groups in total. The molecule has 2 unspecified atom stereocenters. The summed E-state index contributed by atoms with van der Waals surface area (Å²) in [6.45, 7) is 0. The van der Waals surface area contributed by atoms with Crippen LogP contribution in [-0.2, 0) is 9.59 Å². The number of nitrogens with two attached hydrogens (primary N) is 1. The summed E-state index contributed by atoms with van der Waals surface area (Å²) in [7, 11) is 0. The molecular formula is C9H15NO3S. The number of carboxylic acid groups (broad SMARTS) is 1. The van der Waals surface area contributed by atoms with Crippen LogP contribution in [0.4, 0.5) is 0 Å². The molecule has 1 rings (SSSR count). The monoisotopic (exact) mass is 217 g/mol. The molecule has 1 aliphatic rings. The zero-order chi connectivity index (χ0) is 10.8. The van der Waals surface area contributed by atoms with Gasteiger partial charge in [0.05, 0.1) is 0 Å². The fraction of sp³-hybridized carbons (Fsp3) is 0.778. The summed E-state index contributed by atoms with van der Waals surface area (Å²) in [6.07, 6.45) is 4.26. The van der Waals surface area contributed by atoms with Gasteiger partial charge in [0.15, 0.2) is 11.8 Å². The van der Waals surface area contributed by atoms with Gasteiger partial charge in [-0.25, -0.2) is 4.79 Å². The van der Waals surface area contributed by atoms with E-state index in [1.54, 1.807) is 0 Å². The molecule has 0 amide bonds. The van der Waals surface area contributed by atoms with Crippen molar-refractivity contribution in [2.24, 2.45) is 17.6 Å². The number of carboxylic acids is 1. The number of hydrogen-bond acceptors (Lipinski definition) is 4. The van der Waals surface area contributed by atoms with Gasteiger partial charge in [0, 0.05) is 5.92 Å². The molecule has 4 nitrogen and oxygen atoms in total. The fourth-order valence-corrected chi connectivity index (χ4v) is 2.55. The quantitative estimate of drug-likeness (QED) is 0.496. The molecule has 1 aliphatic carbocycles. The van der Waals surface area contributed by atoms with Crippen molar-refractivity contribution in [2.75, 3.05) is 12.0 Å². The molecule has 2 atom stereocenters. The molecule has 0 spiro atoms. The molecular weight excluding hydrogens is 202 g/mol. The lowest BCUT2D eigenvalue weighted by molar-refractivity contribution is -0.147. The van der Waals surface area contributed by atoms with Gasteiger partial charge in [-0.15, -0.1) is 0 Å². The number of carbonyl (C=O) groups excluding carboxylic acids is 1. The molecule has 0 aromatic heterocycles. The van der Waals surface area contributed by atoms with E-state index in [0.29, 0.717) is 18.0 Å². The molecule has 0 aliphatic heterocycles. The lowest BCUT2D eigenvalue weighted by Crippen LogP contribution is -2.57. The van der Waals surface area contributed by atoms with Crippen molar-refractivity contribution >= 4 is 24.0 Å². The van der Waals surface area contributed by atoms with Crippen LogP contribution in [0.5, 0.6) is 0 Å². The van der Waals surface area contributed by atoms with E-state index in [1.807, 2.05) is 6.26 Å². The van der Waals surface area contributed by atoms with E-state index in [-0.39, 0.29) is 5.92 Å². The van der Waals surface area contributed by atoms with E-state index in [1.165, 1.54) is 11.8 Å². The Labute approximate surface area is 87.2 Å². The minimum atomic E-state index is -1.69. The average Bonchev–Trinajstić information content (AvgIpc) is 2.96. The number of aliphatic carboxylic acids is 1. The second-order valence-corrected chi connectivity index (χ2v) is 4.67. The van der Waals surface area contributed by atoms with Crippen molar-refractivity contribution in [3.8, 4) is 0 Å². The third-order valence-electron chi connectivity index (χ3n) is 2.72. The fourth-order valence-electron chi connectivity index (χ4n) is 1.64. The smallest absolute Gasteiger partial charge is 0.331 e. The summed E-state index contributed by atoms with van der Waals surface area (Å²) < 4.78 is 0. The van der Waals surface area contributed by atoms with Crippen LogP contribution in [0.2, 0.25) is 0 Å². The largest absolute Gasteiger partial charge is 0.480 e. The highest BCUT2D eigenvalue weighted by atomic mass is 32.2. The van der Waals surface area contributed by atoms with Gasteiger partial charge in [0.2, 0.25) is 0 Å². The molecule has 14 heavy (non-hydrogen) atoms.